The SMILES string of the molecule is CCCCOS(=O)(=O)OC(O)CO. The van der Waals surface area contributed by atoms with Crippen LogP contribution in [0.15, 0.2) is 0 Å². The summed E-state index contributed by atoms with van der Waals surface area (Å²) in [6, 6.07) is 0. The zero-order valence-corrected chi connectivity index (χ0v) is 8.16. The van der Waals surface area contributed by atoms with Gasteiger partial charge < -0.3 is 10.2 Å². The highest BCUT2D eigenvalue weighted by Crippen LogP contribution is 2.01. The van der Waals surface area contributed by atoms with Crippen molar-refractivity contribution in [1.82, 2.24) is 0 Å². The predicted octanol–water partition coefficient (Wildman–Crippen LogP) is -0.625. The van der Waals surface area contributed by atoms with E-state index < -0.39 is 23.3 Å². The lowest BCUT2D eigenvalue weighted by atomic mass is 10.4. The molecule has 0 rings (SSSR count). The standard InChI is InChI=1S/C6H14O6S/c1-2-3-4-11-13(9,10)12-6(8)5-7/h6-8H,2-5H2,1H3. The molecular formula is C6H14O6S. The van der Waals surface area contributed by atoms with Crippen molar-refractivity contribution in [3.05, 3.63) is 0 Å². The summed E-state index contributed by atoms with van der Waals surface area (Å²) in [7, 11) is -4.18. The summed E-state index contributed by atoms with van der Waals surface area (Å²) >= 11 is 0. The number of hydrogen-bond donors (Lipinski definition) is 2. The van der Waals surface area contributed by atoms with E-state index in [0.717, 1.165) is 6.42 Å². The maximum Gasteiger partial charge on any atom is 0.402 e. The lowest BCUT2D eigenvalue weighted by Crippen LogP contribution is -2.23. The van der Waals surface area contributed by atoms with E-state index >= 15 is 0 Å². The number of aliphatic hydroxyl groups excluding tert-OH is 2. The molecule has 1 unspecified atom stereocenters. The third-order valence-corrected chi connectivity index (χ3v) is 2.02. The molecule has 0 aromatic carbocycles. The highest BCUT2D eigenvalue weighted by molar-refractivity contribution is 7.81. The molecule has 0 aromatic heterocycles. The van der Waals surface area contributed by atoms with Crippen LogP contribution >= 0.6 is 0 Å². The van der Waals surface area contributed by atoms with E-state index in [2.05, 4.69) is 8.37 Å². The van der Waals surface area contributed by atoms with Gasteiger partial charge in [-0.05, 0) is 6.42 Å². The molecule has 0 spiro atoms. The predicted molar refractivity (Wildman–Crippen MR) is 44.0 cm³/mol. The van der Waals surface area contributed by atoms with Crippen molar-refractivity contribution in [2.24, 2.45) is 0 Å². The second kappa shape index (κ2) is 6.28. The van der Waals surface area contributed by atoms with Crippen LogP contribution in [-0.4, -0.2) is 38.1 Å². The van der Waals surface area contributed by atoms with Crippen LogP contribution in [0.5, 0.6) is 0 Å². The highest BCUT2D eigenvalue weighted by atomic mass is 32.3. The topological polar surface area (TPSA) is 93.1 Å². The lowest BCUT2D eigenvalue weighted by molar-refractivity contribution is -0.0591. The minimum Gasteiger partial charge on any atom is -0.391 e. The molecule has 80 valence electrons. The average molecular weight is 214 g/mol. The fourth-order valence-electron chi connectivity index (χ4n) is 0.500. The van der Waals surface area contributed by atoms with Gasteiger partial charge in [-0.3, -0.25) is 0 Å². The first-order valence-corrected chi connectivity index (χ1v) is 5.21. The zero-order valence-electron chi connectivity index (χ0n) is 7.34. The van der Waals surface area contributed by atoms with Crippen molar-refractivity contribution in [3.63, 3.8) is 0 Å². The Labute approximate surface area is 77.4 Å². The Morgan fingerprint density at radius 2 is 2.08 bits per heavy atom. The van der Waals surface area contributed by atoms with Gasteiger partial charge in [0.1, 0.15) is 0 Å². The second-order valence-electron chi connectivity index (χ2n) is 2.32. The van der Waals surface area contributed by atoms with Crippen LogP contribution < -0.4 is 0 Å². The first-order chi connectivity index (χ1) is 6.02. The van der Waals surface area contributed by atoms with Crippen LogP contribution in [0.4, 0.5) is 0 Å². The summed E-state index contributed by atoms with van der Waals surface area (Å²) in [4.78, 5) is 0. The van der Waals surface area contributed by atoms with E-state index in [4.69, 9.17) is 10.2 Å². The van der Waals surface area contributed by atoms with Gasteiger partial charge in [-0.1, -0.05) is 13.3 Å². The summed E-state index contributed by atoms with van der Waals surface area (Å²) in [5, 5.41) is 16.9. The second-order valence-corrected chi connectivity index (χ2v) is 3.56. The Hall–Kier alpha value is -0.210. The number of aliphatic hydroxyl groups is 2. The third-order valence-electron chi connectivity index (χ3n) is 1.11. The number of unbranched alkanes of at least 4 members (excludes halogenated alkanes) is 1. The molecule has 2 N–H and O–H groups in total. The molecule has 6 nitrogen and oxygen atoms in total. The van der Waals surface area contributed by atoms with Gasteiger partial charge >= 0.3 is 10.4 Å². The zero-order chi connectivity index (χ0) is 10.3. The first-order valence-electron chi connectivity index (χ1n) is 3.88. The van der Waals surface area contributed by atoms with Crippen LogP contribution in [0.3, 0.4) is 0 Å². The fourth-order valence-corrected chi connectivity index (χ4v) is 1.21. The molecule has 0 amide bonds. The van der Waals surface area contributed by atoms with Crippen molar-refractivity contribution in [2.45, 2.75) is 26.1 Å². The van der Waals surface area contributed by atoms with Crippen molar-refractivity contribution < 1.29 is 27.0 Å². The van der Waals surface area contributed by atoms with E-state index in [1.807, 2.05) is 6.92 Å². The molecule has 0 radical (unpaired) electrons. The Morgan fingerprint density at radius 3 is 2.54 bits per heavy atom. The molecule has 0 fully saturated rings. The van der Waals surface area contributed by atoms with Crippen molar-refractivity contribution in [3.8, 4) is 0 Å². The minimum atomic E-state index is -4.18. The van der Waals surface area contributed by atoms with Gasteiger partial charge in [0.15, 0.2) is 6.29 Å². The van der Waals surface area contributed by atoms with E-state index in [1.54, 1.807) is 0 Å². The van der Waals surface area contributed by atoms with E-state index in [1.165, 1.54) is 0 Å². The average Bonchev–Trinajstić information content (AvgIpc) is 2.03. The van der Waals surface area contributed by atoms with Gasteiger partial charge in [0.25, 0.3) is 0 Å². The summed E-state index contributed by atoms with van der Waals surface area (Å²) in [5.74, 6) is 0. The quantitative estimate of drug-likeness (QED) is 0.433. The molecule has 0 aromatic rings. The van der Waals surface area contributed by atoms with Crippen LogP contribution in [-0.2, 0) is 18.8 Å². The molecule has 7 heteroatoms. The highest BCUT2D eigenvalue weighted by Gasteiger charge is 2.16. The summed E-state index contributed by atoms with van der Waals surface area (Å²) in [6.07, 6.45) is -0.387. The first kappa shape index (κ1) is 12.8. The Kier molecular flexibility index (Phi) is 6.17. The van der Waals surface area contributed by atoms with Gasteiger partial charge in [-0.2, -0.15) is 8.42 Å². The van der Waals surface area contributed by atoms with Crippen LogP contribution in [0.1, 0.15) is 19.8 Å². The monoisotopic (exact) mass is 214 g/mol. The molecule has 0 saturated heterocycles. The maximum atomic E-state index is 10.8. The molecule has 1 atom stereocenters. The van der Waals surface area contributed by atoms with Crippen molar-refractivity contribution in [2.75, 3.05) is 13.2 Å². The summed E-state index contributed by atoms with van der Waals surface area (Å²) in [6.45, 7) is 1.09. The molecule has 0 heterocycles. The molecule has 0 aliphatic rings. The smallest absolute Gasteiger partial charge is 0.391 e. The Morgan fingerprint density at radius 1 is 1.46 bits per heavy atom. The van der Waals surface area contributed by atoms with E-state index in [0.29, 0.717) is 6.42 Å². The number of hydrogen-bond acceptors (Lipinski definition) is 6. The van der Waals surface area contributed by atoms with Crippen LogP contribution in [0.25, 0.3) is 0 Å². The van der Waals surface area contributed by atoms with Gasteiger partial charge in [-0.25, -0.2) is 8.37 Å². The van der Waals surface area contributed by atoms with Gasteiger partial charge in [-0.15, -0.1) is 0 Å². The summed E-state index contributed by atoms with van der Waals surface area (Å²) < 4.78 is 29.8. The largest absolute Gasteiger partial charge is 0.402 e. The van der Waals surface area contributed by atoms with Gasteiger partial charge in [0, 0.05) is 0 Å². The Balaban J connectivity index is 3.81. The maximum absolute atomic E-state index is 10.8. The minimum absolute atomic E-state index is 0.0109. The fraction of sp³-hybridized carbons (Fsp3) is 1.00. The van der Waals surface area contributed by atoms with Crippen molar-refractivity contribution in [1.29, 1.82) is 0 Å². The molecule has 0 bridgehead atoms. The van der Waals surface area contributed by atoms with Gasteiger partial charge in [0.2, 0.25) is 0 Å². The summed E-state index contributed by atoms with van der Waals surface area (Å²) in [5.41, 5.74) is 0. The van der Waals surface area contributed by atoms with E-state index in [9.17, 15) is 8.42 Å². The molecular weight excluding hydrogens is 200 g/mol. The third kappa shape index (κ3) is 6.91. The van der Waals surface area contributed by atoms with Gasteiger partial charge in [0.05, 0.1) is 13.2 Å². The number of rotatable bonds is 7. The molecule has 0 aliphatic heterocycles. The molecule has 13 heavy (non-hydrogen) atoms. The molecule has 0 saturated carbocycles. The molecule has 0 aliphatic carbocycles. The van der Waals surface area contributed by atoms with Crippen LogP contribution in [0.2, 0.25) is 0 Å². The van der Waals surface area contributed by atoms with E-state index in [-0.39, 0.29) is 6.61 Å². The van der Waals surface area contributed by atoms with Crippen molar-refractivity contribution >= 4 is 10.4 Å². The normalized spacial score (nSPS) is 14.4. The lowest BCUT2D eigenvalue weighted by Gasteiger charge is -2.08. The van der Waals surface area contributed by atoms with Crippen LogP contribution in [0, 0.1) is 0 Å². The Bertz CT molecular complexity index is 211.